The summed E-state index contributed by atoms with van der Waals surface area (Å²) >= 11 is 0. The third-order valence-electron chi connectivity index (χ3n) is 5.79. The first-order valence-corrected chi connectivity index (χ1v) is 12.4. The zero-order valence-electron chi connectivity index (χ0n) is 20.9. The smallest absolute Gasteiger partial charge is 0.493 e. The van der Waals surface area contributed by atoms with Gasteiger partial charge in [0.05, 0.1) is 37.0 Å². The molecule has 0 aliphatic rings. The molecule has 0 saturated heterocycles. The van der Waals surface area contributed by atoms with Gasteiger partial charge in [-0.1, -0.05) is 18.2 Å². The highest BCUT2D eigenvalue weighted by molar-refractivity contribution is 5.80. The maximum absolute atomic E-state index is 12.6. The zero-order valence-corrected chi connectivity index (χ0v) is 20.9. The molecule has 0 saturated carbocycles. The van der Waals surface area contributed by atoms with Crippen molar-refractivity contribution in [2.24, 2.45) is 0 Å². The van der Waals surface area contributed by atoms with Gasteiger partial charge in [-0.3, -0.25) is 9.78 Å². The van der Waals surface area contributed by atoms with Gasteiger partial charge in [-0.15, -0.1) is 13.2 Å². The molecule has 0 bridgehead atoms. The van der Waals surface area contributed by atoms with Crippen LogP contribution in [0, 0.1) is 0 Å². The topological polar surface area (TPSA) is 75.5 Å². The molecule has 200 valence electrons. The van der Waals surface area contributed by atoms with E-state index in [0.717, 1.165) is 36.1 Å². The molecule has 0 spiro atoms. The Kier molecular flexibility index (Phi) is 8.83. The molecule has 7 nitrogen and oxygen atoms in total. The Balaban J connectivity index is 1.50. The predicted octanol–water partition coefficient (Wildman–Crippen LogP) is 6.55. The molecule has 10 heteroatoms. The summed E-state index contributed by atoms with van der Waals surface area (Å²) in [6.07, 6.45) is 1.38. The number of fused-ring (bicyclic) bond motifs is 1. The average molecular weight is 528 g/mol. The van der Waals surface area contributed by atoms with Gasteiger partial charge in [-0.2, -0.15) is 0 Å². The summed E-state index contributed by atoms with van der Waals surface area (Å²) in [4.78, 5) is 20.4. The maximum atomic E-state index is 12.6. The van der Waals surface area contributed by atoms with Gasteiger partial charge in [0.15, 0.2) is 0 Å². The van der Waals surface area contributed by atoms with E-state index >= 15 is 0 Å². The molecular weight excluding hydrogens is 499 g/mol. The number of esters is 1. The van der Waals surface area contributed by atoms with Crippen molar-refractivity contribution >= 4 is 17.0 Å². The van der Waals surface area contributed by atoms with Crippen molar-refractivity contribution in [3.05, 3.63) is 72.6 Å². The number of rotatable bonds is 12. The van der Waals surface area contributed by atoms with E-state index in [1.807, 2.05) is 28.8 Å². The number of hydrogen-bond donors (Lipinski definition) is 0. The van der Waals surface area contributed by atoms with E-state index < -0.39 is 6.36 Å². The molecule has 38 heavy (non-hydrogen) atoms. The summed E-state index contributed by atoms with van der Waals surface area (Å²) < 4.78 is 54.7. The lowest BCUT2D eigenvalue weighted by Gasteiger charge is -2.15. The number of unbranched alkanes of at least 4 members (excludes halogenated alkanes) is 2. The summed E-state index contributed by atoms with van der Waals surface area (Å²) in [5.74, 6) is 0.828. The van der Waals surface area contributed by atoms with Crippen LogP contribution in [0.15, 0.2) is 67.0 Å². The number of imidazole rings is 1. The number of carbonyl (C=O) groups excluding carboxylic acids is 1. The Morgan fingerprint density at radius 1 is 1.00 bits per heavy atom. The van der Waals surface area contributed by atoms with Gasteiger partial charge in [-0.05, 0) is 62.6 Å². The quantitative estimate of drug-likeness (QED) is 0.154. The van der Waals surface area contributed by atoms with Gasteiger partial charge < -0.3 is 18.8 Å². The Labute approximate surface area is 218 Å². The van der Waals surface area contributed by atoms with Gasteiger partial charge in [0.1, 0.15) is 17.3 Å². The normalized spacial score (nSPS) is 11.5. The highest BCUT2D eigenvalue weighted by atomic mass is 19.4. The minimum absolute atomic E-state index is 0.181. The molecule has 0 atom stereocenters. The number of pyridine rings is 1. The SMILES string of the molecule is CCOC(=O)CCCCCOc1ccccc1Cn1c(-c2ccc(OC(F)(F)F)cc2)nc2ccncc21. The number of carbonyl (C=O) groups is 1. The van der Waals surface area contributed by atoms with Gasteiger partial charge in [0.25, 0.3) is 0 Å². The lowest BCUT2D eigenvalue weighted by molar-refractivity contribution is -0.274. The molecule has 4 rings (SSSR count). The molecule has 0 N–H and O–H groups in total. The summed E-state index contributed by atoms with van der Waals surface area (Å²) in [6.45, 7) is 3.09. The van der Waals surface area contributed by atoms with E-state index in [9.17, 15) is 18.0 Å². The van der Waals surface area contributed by atoms with Crippen molar-refractivity contribution in [1.82, 2.24) is 14.5 Å². The molecule has 2 heterocycles. The summed E-state index contributed by atoms with van der Waals surface area (Å²) in [7, 11) is 0. The minimum Gasteiger partial charge on any atom is -0.493 e. The van der Waals surface area contributed by atoms with Crippen LogP contribution in [0.5, 0.6) is 11.5 Å². The third-order valence-corrected chi connectivity index (χ3v) is 5.79. The molecule has 2 aromatic carbocycles. The number of aromatic nitrogens is 3. The largest absolute Gasteiger partial charge is 0.573 e. The average Bonchev–Trinajstić information content (AvgIpc) is 3.25. The monoisotopic (exact) mass is 527 g/mol. The van der Waals surface area contributed by atoms with Gasteiger partial charge >= 0.3 is 12.3 Å². The first-order chi connectivity index (χ1) is 18.3. The number of halogens is 3. The second-order valence-corrected chi connectivity index (χ2v) is 8.53. The van der Waals surface area contributed by atoms with Gasteiger partial charge in [0.2, 0.25) is 0 Å². The van der Waals surface area contributed by atoms with Gasteiger partial charge in [0, 0.05) is 23.7 Å². The molecule has 0 aliphatic heterocycles. The number of ether oxygens (including phenoxy) is 3. The van der Waals surface area contributed by atoms with Gasteiger partial charge in [-0.25, -0.2) is 4.98 Å². The van der Waals surface area contributed by atoms with Crippen molar-refractivity contribution in [3.8, 4) is 22.9 Å². The zero-order chi connectivity index (χ0) is 27.0. The predicted molar refractivity (Wildman–Crippen MR) is 136 cm³/mol. The van der Waals surface area contributed by atoms with Crippen LogP contribution in [0.2, 0.25) is 0 Å². The van der Waals surface area contributed by atoms with E-state index in [-0.39, 0.29) is 11.7 Å². The van der Waals surface area contributed by atoms with Crippen LogP contribution in [0.1, 0.15) is 38.2 Å². The van der Waals surface area contributed by atoms with Crippen LogP contribution in [-0.4, -0.2) is 40.1 Å². The number of alkyl halides is 3. The fraction of sp³-hybridized carbons (Fsp3) is 0.321. The van der Waals surface area contributed by atoms with Crippen LogP contribution in [0.25, 0.3) is 22.4 Å². The van der Waals surface area contributed by atoms with E-state index in [1.165, 1.54) is 12.1 Å². The van der Waals surface area contributed by atoms with E-state index in [2.05, 4.69) is 9.72 Å². The van der Waals surface area contributed by atoms with Crippen LogP contribution in [0.3, 0.4) is 0 Å². The number of hydrogen-bond acceptors (Lipinski definition) is 6. The highest BCUT2D eigenvalue weighted by Gasteiger charge is 2.31. The fourth-order valence-electron chi connectivity index (χ4n) is 4.07. The fourth-order valence-corrected chi connectivity index (χ4v) is 4.07. The van der Waals surface area contributed by atoms with Crippen LogP contribution < -0.4 is 9.47 Å². The summed E-state index contributed by atoms with van der Waals surface area (Å²) in [5.41, 5.74) is 3.05. The number of nitrogens with zero attached hydrogens (tertiary/aromatic N) is 3. The molecule has 2 aromatic heterocycles. The van der Waals surface area contributed by atoms with Crippen molar-refractivity contribution in [2.45, 2.75) is 45.5 Å². The molecule has 4 aromatic rings. The lowest BCUT2D eigenvalue weighted by atomic mass is 10.1. The first kappa shape index (κ1) is 27.0. The number of benzene rings is 2. The lowest BCUT2D eigenvalue weighted by Crippen LogP contribution is -2.17. The molecule has 0 amide bonds. The van der Waals surface area contributed by atoms with Crippen molar-refractivity contribution in [3.63, 3.8) is 0 Å². The Morgan fingerprint density at radius 3 is 2.55 bits per heavy atom. The Bertz CT molecular complexity index is 1350. The standard InChI is InChI=1S/C28H28F3N3O4/c1-2-36-26(35)10-4-3-7-17-37-25-9-6-5-8-21(25)19-34-24-18-32-16-15-23(24)33-27(34)20-11-13-22(14-12-20)38-28(29,30)31/h5-6,8-9,11-16,18H,2-4,7,10,17,19H2,1H3. The second-order valence-electron chi connectivity index (χ2n) is 8.53. The van der Waals surface area contributed by atoms with Crippen molar-refractivity contribution in [1.29, 1.82) is 0 Å². The van der Waals surface area contributed by atoms with E-state index in [1.54, 1.807) is 37.5 Å². The molecular formula is C28H28F3N3O4. The Hall–Kier alpha value is -4.08. The van der Waals surface area contributed by atoms with Crippen molar-refractivity contribution in [2.75, 3.05) is 13.2 Å². The summed E-state index contributed by atoms with van der Waals surface area (Å²) in [6, 6.07) is 15.1. The number of para-hydroxylation sites is 1. The minimum atomic E-state index is -4.76. The molecule has 0 radical (unpaired) electrons. The molecule has 0 aliphatic carbocycles. The molecule has 0 unspecified atom stereocenters. The summed E-state index contributed by atoms with van der Waals surface area (Å²) in [5, 5.41) is 0. The van der Waals surface area contributed by atoms with Crippen LogP contribution >= 0.6 is 0 Å². The first-order valence-electron chi connectivity index (χ1n) is 12.4. The maximum Gasteiger partial charge on any atom is 0.573 e. The van der Waals surface area contributed by atoms with Crippen molar-refractivity contribution < 1.29 is 32.2 Å². The Morgan fingerprint density at radius 2 is 1.79 bits per heavy atom. The van der Waals surface area contributed by atoms with E-state index in [0.29, 0.717) is 43.1 Å². The van der Waals surface area contributed by atoms with Crippen LogP contribution in [-0.2, 0) is 16.1 Å². The highest BCUT2D eigenvalue weighted by Crippen LogP contribution is 2.30. The second kappa shape index (κ2) is 12.4. The van der Waals surface area contributed by atoms with Crippen LogP contribution in [0.4, 0.5) is 13.2 Å². The van der Waals surface area contributed by atoms with E-state index in [4.69, 9.17) is 14.5 Å². The third kappa shape index (κ3) is 7.24. The molecule has 0 fully saturated rings.